The number of hydrogen-bond donors (Lipinski definition) is 2. The molecule has 17 aromatic rings. The van der Waals surface area contributed by atoms with Crippen molar-refractivity contribution in [2.75, 3.05) is 14.2 Å². The summed E-state index contributed by atoms with van der Waals surface area (Å²) in [5.74, 6) is 0.153. The Bertz CT molecular complexity index is 5570. The molecule has 12 aromatic heterocycles. The van der Waals surface area contributed by atoms with E-state index in [1.165, 1.54) is 35.7 Å². The largest absolute Gasteiger partial charge is 0.508 e. The summed E-state index contributed by atoms with van der Waals surface area (Å²) in [4.78, 5) is 52.6. The fourth-order valence-corrected chi connectivity index (χ4v) is 11.8. The van der Waals surface area contributed by atoms with Crippen LogP contribution < -0.4 is 5.14 Å². The lowest BCUT2D eigenvalue weighted by Gasteiger charge is -2.06. The number of phenolic OH excluding ortho intramolecular Hbond substituents is 1. The molecule has 546 valence electrons. The number of aromatic hydroxyl groups is 1. The molecular formula is C84H65ClN18O7S. The summed E-state index contributed by atoms with van der Waals surface area (Å²) in [7, 11) is -1.06. The van der Waals surface area contributed by atoms with Gasteiger partial charge >= 0.3 is 12.2 Å². The highest BCUT2D eigenvalue weighted by Gasteiger charge is 2.21. The molecule has 0 aliphatic heterocycles. The maximum atomic E-state index is 12.0. The van der Waals surface area contributed by atoms with Gasteiger partial charge in [0.25, 0.3) is 0 Å². The van der Waals surface area contributed by atoms with Crippen molar-refractivity contribution in [3.63, 3.8) is 0 Å². The lowest BCUT2D eigenvalue weighted by molar-refractivity contribution is 0.169. The van der Waals surface area contributed by atoms with E-state index in [9.17, 15) is 23.1 Å². The van der Waals surface area contributed by atoms with Crippen LogP contribution in [0.25, 0.3) is 118 Å². The predicted octanol–water partition coefficient (Wildman–Crippen LogP) is 16.4. The first-order chi connectivity index (χ1) is 54.2. The number of nitrogens with two attached hydrogens (primary N) is 1. The predicted molar refractivity (Wildman–Crippen MR) is 422 cm³/mol. The summed E-state index contributed by atoms with van der Waals surface area (Å²) in [5, 5.41) is 37.7. The summed E-state index contributed by atoms with van der Waals surface area (Å²) >= 11 is 5.91. The second-order valence-corrected chi connectivity index (χ2v) is 25.8. The van der Waals surface area contributed by atoms with E-state index in [0.29, 0.717) is 27.8 Å². The number of rotatable bonds is 13. The lowest BCUT2D eigenvalue weighted by Crippen LogP contribution is -2.14. The van der Waals surface area contributed by atoms with Gasteiger partial charge in [0.05, 0.1) is 87.4 Å². The van der Waals surface area contributed by atoms with Crippen LogP contribution >= 0.6 is 11.6 Å². The number of benzene rings is 5. The molecule has 0 fully saturated rings. The van der Waals surface area contributed by atoms with Gasteiger partial charge < -0.3 is 14.6 Å². The highest BCUT2D eigenvalue weighted by atomic mass is 35.5. The van der Waals surface area contributed by atoms with E-state index in [1.807, 2.05) is 192 Å². The van der Waals surface area contributed by atoms with Gasteiger partial charge in [-0.1, -0.05) is 60.1 Å². The maximum absolute atomic E-state index is 12.0. The van der Waals surface area contributed by atoms with Gasteiger partial charge in [-0.05, 0) is 200 Å². The van der Waals surface area contributed by atoms with Crippen molar-refractivity contribution < 1.29 is 32.6 Å². The summed E-state index contributed by atoms with van der Waals surface area (Å²) in [5.41, 5.74) is 18.2. The van der Waals surface area contributed by atoms with Gasteiger partial charge in [-0.2, -0.15) is 34.9 Å². The lowest BCUT2D eigenvalue weighted by atomic mass is 10.1. The van der Waals surface area contributed by atoms with Crippen LogP contribution in [0.3, 0.4) is 0 Å². The third kappa shape index (κ3) is 18.7. The number of hydrogen-bond acceptors (Lipinski definition) is 19. The van der Waals surface area contributed by atoms with Gasteiger partial charge in [0.1, 0.15) is 5.75 Å². The number of carbonyl (C=O) groups is 2. The number of para-hydroxylation sites is 2. The summed E-state index contributed by atoms with van der Waals surface area (Å²) in [6, 6.07) is 76.7. The molecule has 12 heterocycles. The van der Waals surface area contributed by atoms with Crippen molar-refractivity contribution in [3.05, 3.63) is 347 Å². The number of nitrogens with zero attached hydrogens (tertiary/aromatic N) is 17. The molecule has 0 saturated carbocycles. The molecule has 5 aromatic carbocycles. The molecule has 0 saturated heterocycles. The average molecular weight is 1510 g/mol. The van der Waals surface area contributed by atoms with Crippen molar-refractivity contribution in [3.8, 4) is 124 Å². The number of pyridine rings is 7. The van der Waals surface area contributed by atoms with Crippen LogP contribution in [0.5, 0.6) is 5.75 Å². The van der Waals surface area contributed by atoms with Crippen LogP contribution in [0, 0.1) is 0 Å². The number of aromatic nitrogens is 17. The standard InChI is InChI=1S/2C19H14N4.C16H12ClN3O2.C16H13N3O3.C14H12N4O2S/c1-2-8-17(9-3-1)23-19(16-7-5-11-21-14-16)12-18(22-23)15-6-4-10-20-13-15;1-2-4-17(5-3-1)23-19(16-8-12-21-13-9-16)14-18(22-23)15-6-10-20-11-7-15;1-22-16(21)20-15(11-4-6-13(17)7-5-11)9-14(19-20)12-3-2-8-18-10-12;1-22-16(21)19-15(11-4-6-13(20)7-5-11)9-14(18-19)12-3-2-8-17-10-12;15-21(19,20)13-3-1-12(2-4-13)18-10-7-14(17-18)11-5-8-16-9-6-11/h2*1-14H;2-10H,1H3;2-10,20H,1H3;1-10H,(H2,15,19,20). The summed E-state index contributed by atoms with van der Waals surface area (Å²) in [6.45, 7) is 0. The number of halogens is 1. The van der Waals surface area contributed by atoms with Crippen LogP contribution in [0.4, 0.5) is 9.59 Å². The third-order valence-corrected chi connectivity index (χ3v) is 17.8. The van der Waals surface area contributed by atoms with E-state index in [2.05, 4.69) is 62.3 Å². The molecule has 17 rings (SSSR count). The number of carbonyl (C=O) groups excluding carboxylic acids is 2. The molecule has 0 spiro atoms. The molecule has 0 aliphatic carbocycles. The smallest absolute Gasteiger partial charge is 0.434 e. The van der Waals surface area contributed by atoms with E-state index in [1.54, 1.807) is 140 Å². The monoisotopic (exact) mass is 1500 g/mol. The topological polar surface area (TPSA) is 312 Å². The number of sulfonamides is 1. The zero-order valence-electron chi connectivity index (χ0n) is 59.2. The molecule has 3 N–H and O–H groups in total. The van der Waals surface area contributed by atoms with Crippen LogP contribution in [-0.4, -0.2) is 124 Å². The SMILES string of the molecule is COC(=O)n1nc(-c2cccnc2)cc1-c1ccc(Cl)cc1.COC(=O)n1nc(-c2cccnc2)cc1-c1ccc(O)cc1.NS(=O)(=O)c1ccc(-n2ccc(-c3ccncc3)n2)cc1.c1ccc(-n2nc(-c3cccnc3)cc2-c2cccnc2)cc1.c1ccc(-n2nc(-c3ccncc3)cc2-c2ccncc2)cc1. The molecule has 25 nitrogen and oxygen atoms in total. The molecule has 27 heteroatoms. The Balaban J connectivity index is 0.000000122. The zero-order valence-corrected chi connectivity index (χ0v) is 60.8. The molecular weight excluding hydrogens is 1440 g/mol. The van der Waals surface area contributed by atoms with E-state index < -0.39 is 22.2 Å². The first kappa shape index (κ1) is 74.4. The van der Waals surface area contributed by atoms with E-state index in [-0.39, 0.29) is 10.6 Å². The minimum Gasteiger partial charge on any atom is -0.508 e. The normalized spacial score (nSPS) is 10.7. The van der Waals surface area contributed by atoms with E-state index in [4.69, 9.17) is 36.4 Å². The van der Waals surface area contributed by atoms with Crippen molar-refractivity contribution >= 4 is 33.8 Å². The van der Waals surface area contributed by atoms with Gasteiger partial charge in [-0.15, -0.1) is 0 Å². The highest BCUT2D eigenvalue weighted by Crippen LogP contribution is 2.33. The first-order valence-corrected chi connectivity index (χ1v) is 35.9. The number of ether oxygens (including phenoxy) is 2. The Morgan fingerprint density at radius 2 is 0.721 bits per heavy atom. The number of primary sulfonamides is 1. The summed E-state index contributed by atoms with van der Waals surface area (Å²) < 4.78 is 40.0. The van der Waals surface area contributed by atoms with E-state index >= 15 is 0 Å². The van der Waals surface area contributed by atoms with Gasteiger partial charge in [0.2, 0.25) is 10.0 Å². The van der Waals surface area contributed by atoms with Gasteiger partial charge in [0, 0.05) is 148 Å². The Hall–Kier alpha value is -14.9. The van der Waals surface area contributed by atoms with Crippen molar-refractivity contribution in [1.29, 1.82) is 0 Å². The third-order valence-electron chi connectivity index (χ3n) is 16.6. The van der Waals surface area contributed by atoms with Crippen LogP contribution in [-0.2, 0) is 19.5 Å². The van der Waals surface area contributed by atoms with Crippen LogP contribution in [0.1, 0.15) is 0 Å². The molecule has 0 radical (unpaired) electrons. The Kier molecular flexibility index (Phi) is 23.8. The fraction of sp³-hybridized carbons (Fsp3) is 0.0238. The van der Waals surface area contributed by atoms with Crippen molar-refractivity contribution in [2.45, 2.75) is 4.90 Å². The second kappa shape index (κ2) is 35.5. The molecule has 111 heavy (non-hydrogen) atoms. The van der Waals surface area contributed by atoms with E-state index in [0.717, 1.165) is 95.6 Å². The molecule has 0 amide bonds. The summed E-state index contributed by atoms with van der Waals surface area (Å²) in [6.07, 6.45) is 25.1. The van der Waals surface area contributed by atoms with Crippen LogP contribution in [0.15, 0.2) is 347 Å². The van der Waals surface area contributed by atoms with Crippen molar-refractivity contribution in [1.82, 2.24) is 83.8 Å². The highest BCUT2D eigenvalue weighted by molar-refractivity contribution is 7.89. The number of phenols is 1. The maximum Gasteiger partial charge on any atom is 0.434 e. The minimum atomic E-state index is -3.68. The Morgan fingerprint density at radius 3 is 1.14 bits per heavy atom. The molecule has 0 bridgehead atoms. The van der Waals surface area contributed by atoms with Crippen molar-refractivity contribution in [2.24, 2.45) is 5.14 Å². The molecule has 0 unspecified atom stereocenters. The molecule has 0 atom stereocenters. The Morgan fingerprint density at radius 1 is 0.351 bits per heavy atom. The Labute approximate surface area is 641 Å². The van der Waals surface area contributed by atoms with Gasteiger partial charge in [-0.3, -0.25) is 34.9 Å². The quantitative estimate of drug-likeness (QED) is 0.108. The fourth-order valence-electron chi connectivity index (χ4n) is 11.2. The zero-order chi connectivity index (χ0) is 76.9. The second-order valence-electron chi connectivity index (χ2n) is 23.8. The van der Waals surface area contributed by atoms with Gasteiger partial charge in [0.15, 0.2) is 0 Å². The van der Waals surface area contributed by atoms with Crippen LogP contribution in [0.2, 0.25) is 5.02 Å². The first-order valence-electron chi connectivity index (χ1n) is 34.0. The van der Waals surface area contributed by atoms with Gasteiger partial charge in [-0.25, -0.2) is 37.2 Å². The average Bonchev–Trinajstić information content (AvgIpc) is 1.68. The number of methoxy groups -OCH3 is 2. The molecule has 0 aliphatic rings. The minimum absolute atomic E-state index is 0.0766.